The summed E-state index contributed by atoms with van der Waals surface area (Å²) in [7, 11) is 0. The molecule has 1 aliphatic heterocycles. The quantitative estimate of drug-likeness (QED) is 0.532. The van der Waals surface area contributed by atoms with Gasteiger partial charge in [-0.2, -0.15) is 0 Å². The van der Waals surface area contributed by atoms with Crippen molar-refractivity contribution in [2.24, 2.45) is 0 Å². The molecule has 0 radical (unpaired) electrons. The molecule has 0 bridgehead atoms. The monoisotopic (exact) mass is 312 g/mol. The average molecular weight is 314 g/mol. The molecule has 104 valence electrons. The molecule has 1 saturated heterocycles. The predicted octanol–water partition coefficient (Wildman–Crippen LogP) is -6.54. The Labute approximate surface area is 126 Å². The Morgan fingerprint density at radius 2 is 1.72 bits per heavy atom. The number of halogens is 3. The van der Waals surface area contributed by atoms with E-state index in [1.54, 1.807) is 4.90 Å². The molecule has 0 aliphatic carbocycles. The lowest BCUT2D eigenvalue weighted by molar-refractivity contribution is -0.916. The number of ether oxygens (including phenoxy) is 1. The van der Waals surface area contributed by atoms with Gasteiger partial charge in [-0.05, 0) is 12.1 Å². The third-order valence-electron chi connectivity index (χ3n) is 2.95. The van der Waals surface area contributed by atoms with Crippen molar-refractivity contribution in [2.75, 3.05) is 39.4 Å². The summed E-state index contributed by atoms with van der Waals surface area (Å²) in [6.45, 7) is 6.44. The van der Waals surface area contributed by atoms with E-state index in [0.717, 1.165) is 37.9 Å². The number of morpholine rings is 1. The highest BCUT2D eigenvalue weighted by Crippen LogP contribution is 2.08. The van der Waals surface area contributed by atoms with E-state index in [1.807, 2.05) is 12.1 Å². The van der Waals surface area contributed by atoms with Gasteiger partial charge in [-0.25, -0.2) is 0 Å². The molecule has 0 spiro atoms. The molecule has 1 heterocycles. The van der Waals surface area contributed by atoms with E-state index < -0.39 is 0 Å². The van der Waals surface area contributed by atoms with Gasteiger partial charge in [-0.15, -0.1) is 0 Å². The number of benzene rings is 1. The maximum absolute atomic E-state index is 5.84. The lowest BCUT2D eigenvalue weighted by Gasteiger charge is -2.22. The van der Waals surface area contributed by atoms with Crippen molar-refractivity contribution in [3.05, 3.63) is 29.3 Å². The molecule has 18 heavy (non-hydrogen) atoms. The molecule has 6 heteroatoms. The second-order valence-corrected chi connectivity index (χ2v) is 4.59. The fraction of sp³-hybridized carbons (Fsp3) is 0.500. The largest absolute Gasteiger partial charge is 1.00 e. The Hall–Kier alpha value is -0.0300. The third kappa shape index (κ3) is 6.23. The molecule has 0 amide bonds. The van der Waals surface area contributed by atoms with Crippen LogP contribution in [-0.2, 0) is 4.74 Å². The van der Waals surface area contributed by atoms with Crippen molar-refractivity contribution in [1.82, 2.24) is 0 Å². The first-order valence-electron chi connectivity index (χ1n) is 5.85. The van der Waals surface area contributed by atoms with Gasteiger partial charge in [-0.1, -0.05) is 11.6 Å². The number of rotatable bonds is 4. The maximum atomic E-state index is 5.84. The Balaban J connectivity index is 0.00000144. The summed E-state index contributed by atoms with van der Waals surface area (Å²) < 4.78 is 5.33. The molecule has 3 N–H and O–H groups in total. The number of nitrogens with two attached hydrogens (primary N) is 1. The zero-order valence-electron chi connectivity index (χ0n) is 10.2. The van der Waals surface area contributed by atoms with Gasteiger partial charge in [0.1, 0.15) is 31.9 Å². The molecule has 3 nitrogen and oxygen atoms in total. The first kappa shape index (κ1) is 18.0. The summed E-state index contributed by atoms with van der Waals surface area (Å²) in [4.78, 5) is 1.65. The summed E-state index contributed by atoms with van der Waals surface area (Å²) in [5, 5.41) is 3.08. The van der Waals surface area contributed by atoms with Crippen LogP contribution < -0.4 is 35.0 Å². The summed E-state index contributed by atoms with van der Waals surface area (Å²) in [6, 6.07) is 8.01. The van der Waals surface area contributed by atoms with Gasteiger partial charge in [0.15, 0.2) is 0 Å². The molecule has 0 aromatic heterocycles. The van der Waals surface area contributed by atoms with Gasteiger partial charge in [0.05, 0.1) is 13.2 Å². The topological polar surface area (TPSA) is 30.3 Å². The van der Waals surface area contributed by atoms with E-state index in [2.05, 4.69) is 17.4 Å². The van der Waals surface area contributed by atoms with Crippen LogP contribution in [0.3, 0.4) is 0 Å². The number of quaternary nitrogens is 2. The lowest BCUT2D eigenvalue weighted by Crippen LogP contribution is -3.16. The molecule has 1 aliphatic rings. The highest BCUT2D eigenvalue weighted by atomic mass is 35.5. The first-order chi connectivity index (χ1) is 7.84. The fourth-order valence-electron chi connectivity index (χ4n) is 1.95. The maximum Gasteiger partial charge on any atom is 0.130 e. The van der Waals surface area contributed by atoms with Gasteiger partial charge in [0.25, 0.3) is 0 Å². The van der Waals surface area contributed by atoms with Gasteiger partial charge < -0.3 is 39.8 Å². The Bertz CT molecular complexity index is 316. The minimum Gasteiger partial charge on any atom is -1.00 e. The molecule has 2 rings (SSSR count). The Morgan fingerprint density at radius 3 is 2.33 bits per heavy atom. The van der Waals surface area contributed by atoms with Crippen LogP contribution in [0, 0.1) is 0 Å². The molecule has 0 unspecified atom stereocenters. The van der Waals surface area contributed by atoms with Crippen LogP contribution in [0.1, 0.15) is 0 Å². The normalized spacial score (nSPS) is 15.6. The van der Waals surface area contributed by atoms with Crippen molar-refractivity contribution in [3.8, 4) is 0 Å². The van der Waals surface area contributed by atoms with E-state index in [-0.39, 0.29) is 24.8 Å². The van der Waals surface area contributed by atoms with E-state index >= 15 is 0 Å². The molecule has 0 atom stereocenters. The van der Waals surface area contributed by atoms with Gasteiger partial charge in [0, 0.05) is 17.2 Å². The van der Waals surface area contributed by atoms with Crippen molar-refractivity contribution in [1.29, 1.82) is 0 Å². The summed E-state index contributed by atoms with van der Waals surface area (Å²) in [6.07, 6.45) is 0. The lowest BCUT2D eigenvalue weighted by atomic mass is 10.3. The zero-order chi connectivity index (χ0) is 11.2. The van der Waals surface area contributed by atoms with Crippen LogP contribution in [0.25, 0.3) is 0 Å². The molecule has 0 saturated carbocycles. The first-order valence-corrected chi connectivity index (χ1v) is 6.22. The van der Waals surface area contributed by atoms with E-state index in [9.17, 15) is 0 Å². The Morgan fingerprint density at radius 1 is 1.11 bits per heavy atom. The van der Waals surface area contributed by atoms with Crippen molar-refractivity contribution in [3.63, 3.8) is 0 Å². The summed E-state index contributed by atoms with van der Waals surface area (Å²) in [5.74, 6) is 0. The number of hydrogen-bond donors (Lipinski definition) is 2. The SMILES string of the molecule is Clc1ccc([NH2+]CC[NH+]2CCOCC2)cc1.[Cl-].[Cl-]. The van der Waals surface area contributed by atoms with E-state index in [1.165, 1.54) is 12.2 Å². The van der Waals surface area contributed by atoms with Crippen LogP contribution in [-0.4, -0.2) is 39.4 Å². The Kier molecular flexibility index (Phi) is 9.83. The predicted molar refractivity (Wildman–Crippen MR) is 64.3 cm³/mol. The van der Waals surface area contributed by atoms with E-state index in [4.69, 9.17) is 16.3 Å². The smallest absolute Gasteiger partial charge is 0.130 e. The standard InChI is InChI=1S/C12H17ClN2O.2ClH/c13-11-1-3-12(4-2-11)14-5-6-15-7-9-16-10-8-15;;/h1-4,14H,5-10H2;2*1H. The minimum atomic E-state index is 0. The van der Waals surface area contributed by atoms with Crippen LogP contribution in [0.5, 0.6) is 0 Å². The number of hydrogen-bond acceptors (Lipinski definition) is 1. The average Bonchev–Trinajstić information content (AvgIpc) is 2.33. The van der Waals surface area contributed by atoms with Crippen molar-refractivity contribution >= 4 is 17.3 Å². The summed E-state index contributed by atoms with van der Waals surface area (Å²) in [5.41, 5.74) is 1.26. The minimum absolute atomic E-state index is 0. The van der Waals surface area contributed by atoms with Crippen LogP contribution in [0.15, 0.2) is 24.3 Å². The molecular formula is C12H19Cl3N2O. The van der Waals surface area contributed by atoms with Crippen molar-refractivity contribution in [2.45, 2.75) is 0 Å². The van der Waals surface area contributed by atoms with Gasteiger partial charge >= 0.3 is 0 Å². The van der Waals surface area contributed by atoms with Crippen LogP contribution in [0.4, 0.5) is 5.69 Å². The summed E-state index contributed by atoms with van der Waals surface area (Å²) >= 11 is 5.84. The number of nitrogens with one attached hydrogen (secondary N) is 1. The molecular weight excluding hydrogens is 295 g/mol. The molecule has 1 fully saturated rings. The molecule has 1 aromatic carbocycles. The third-order valence-corrected chi connectivity index (χ3v) is 3.20. The van der Waals surface area contributed by atoms with Crippen LogP contribution >= 0.6 is 11.6 Å². The highest BCUT2D eigenvalue weighted by molar-refractivity contribution is 6.30. The van der Waals surface area contributed by atoms with Crippen LogP contribution in [0.2, 0.25) is 5.02 Å². The second kappa shape index (κ2) is 9.84. The fourth-order valence-corrected chi connectivity index (χ4v) is 2.08. The second-order valence-electron chi connectivity index (χ2n) is 4.16. The molecule has 1 aromatic rings. The van der Waals surface area contributed by atoms with Gasteiger partial charge in [0.2, 0.25) is 0 Å². The highest BCUT2D eigenvalue weighted by Gasteiger charge is 2.13. The zero-order valence-corrected chi connectivity index (χ0v) is 12.4. The van der Waals surface area contributed by atoms with Gasteiger partial charge in [-0.3, -0.25) is 0 Å². The van der Waals surface area contributed by atoms with E-state index in [0.29, 0.717) is 0 Å². The van der Waals surface area contributed by atoms with Crippen molar-refractivity contribution < 1.29 is 39.8 Å².